The minimum Gasteiger partial charge on any atom is -0.467 e. The van der Waals surface area contributed by atoms with Crippen LogP contribution in [0.15, 0.2) is 58.3 Å². The Bertz CT molecular complexity index is 981. The third kappa shape index (κ3) is 5.81. The van der Waals surface area contributed by atoms with E-state index in [1.54, 1.807) is 6.26 Å². The molecule has 1 aliphatic heterocycles. The summed E-state index contributed by atoms with van der Waals surface area (Å²) in [6.45, 7) is 8.19. The quantitative estimate of drug-likeness (QED) is 0.469. The molecule has 1 N–H and O–H groups in total. The highest BCUT2D eigenvalue weighted by Gasteiger charge is 2.27. The van der Waals surface area contributed by atoms with Gasteiger partial charge in [-0.3, -0.25) is 9.69 Å². The van der Waals surface area contributed by atoms with E-state index in [0.717, 1.165) is 36.4 Å². The zero-order valence-electron chi connectivity index (χ0n) is 18.7. The second-order valence-electron chi connectivity index (χ2n) is 8.53. The maximum absolute atomic E-state index is 13.0. The second kappa shape index (κ2) is 10.8. The minimum atomic E-state index is -0.275. The van der Waals surface area contributed by atoms with E-state index in [0.29, 0.717) is 13.1 Å². The Morgan fingerprint density at radius 3 is 2.56 bits per heavy atom. The molecule has 0 saturated carbocycles. The van der Waals surface area contributed by atoms with Crippen molar-refractivity contribution in [2.75, 3.05) is 13.1 Å². The molecule has 1 aromatic carbocycles. The lowest BCUT2D eigenvalue weighted by atomic mass is 10.1. The second-order valence-corrected chi connectivity index (χ2v) is 9.64. The number of aromatic nitrogens is 3. The molecule has 1 saturated heterocycles. The molecule has 2 aromatic heterocycles. The molecule has 1 unspecified atom stereocenters. The predicted octanol–water partition coefficient (Wildman–Crippen LogP) is 3.95. The van der Waals surface area contributed by atoms with E-state index in [2.05, 4.69) is 51.0 Å². The van der Waals surface area contributed by atoms with Gasteiger partial charge >= 0.3 is 0 Å². The van der Waals surface area contributed by atoms with Crippen molar-refractivity contribution in [2.45, 2.75) is 56.7 Å². The molecule has 4 rings (SSSR count). The number of nitrogens with one attached hydrogen (secondary N) is 1. The highest BCUT2D eigenvalue weighted by molar-refractivity contribution is 8.00. The van der Waals surface area contributed by atoms with Crippen LogP contribution in [0.5, 0.6) is 0 Å². The Balaban J connectivity index is 1.52. The summed E-state index contributed by atoms with van der Waals surface area (Å²) >= 11 is 1.49. The number of likely N-dealkylation sites (tertiary alicyclic amines) is 1. The molecule has 3 aromatic rings. The number of rotatable bonds is 10. The summed E-state index contributed by atoms with van der Waals surface area (Å²) in [6, 6.07) is 14.0. The van der Waals surface area contributed by atoms with Gasteiger partial charge in [-0.2, -0.15) is 0 Å². The number of furan rings is 1. The van der Waals surface area contributed by atoms with Gasteiger partial charge in [0.05, 0.1) is 31.1 Å². The largest absolute Gasteiger partial charge is 0.467 e. The van der Waals surface area contributed by atoms with Gasteiger partial charge in [0, 0.05) is 0 Å². The van der Waals surface area contributed by atoms with Crippen molar-refractivity contribution in [3.63, 3.8) is 0 Å². The lowest BCUT2D eigenvalue weighted by Gasteiger charge is -2.20. The summed E-state index contributed by atoms with van der Waals surface area (Å²) in [5, 5.41) is 12.6. The van der Waals surface area contributed by atoms with Crippen LogP contribution in [0.25, 0.3) is 0 Å². The molecule has 0 spiro atoms. The Labute approximate surface area is 193 Å². The predicted molar refractivity (Wildman–Crippen MR) is 125 cm³/mol. The van der Waals surface area contributed by atoms with Gasteiger partial charge in [0.25, 0.3) is 0 Å². The fourth-order valence-corrected chi connectivity index (χ4v) is 4.96. The first kappa shape index (κ1) is 22.6. The normalized spacial score (nSPS) is 15.3. The van der Waals surface area contributed by atoms with E-state index in [-0.39, 0.29) is 17.1 Å². The van der Waals surface area contributed by atoms with Crippen LogP contribution in [0.1, 0.15) is 43.8 Å². The molecule has 0 bridgehead atoms. The maximum atomic E-state index is 13.0. The smallest absolute Gasteiger partial charge is 0.234 e. The van der Waals surface area contributed by atoms with Crippen molar-refractivity contribution in [2.24, 2.45) is 5.92 Å². The van der Waals surface area contributed by atoms with Crippen molar-refractivity contribution in [1.29, 1.82) is 0 Å². The number of hydrogen-bond acceptors (Lipinski definition) is 6. The van der Waals surface area contributed by atoms with Crippen LogP contribution in [0.3, 0.4) is 0 Å². The summed E-state index contributed by atoms with van der Waals surface area (Å²) in [4.78, 5) is 15.4. The third-order valence-corrected chi connectivity index (χ3v) is 7.18. The van der Waals surface area contributed by atoms with E-state index >= 15 is 0 Å². The highest BCUT2D eigenvalue weighted by atomic mass is 32.2. The fourth-order valence-electron chi connectivity index (χ4n) is 3.88. The summed E-state index contributed by atoms with van der Waals surface area (Å²) < 4.78 is 7.52. The molecule has 32 heavy (non-hydrogen) atoms. The van der Waals surface area contributed by atoms with E-state index in [9.17, 15) is 4.79 Å². The van der Waals surface area contributed by atoms with Crippen molar-refractivity contribution in [3.8, 4) is 0 Å². The van der Waals surface area contributed by atoms with Gasteiger partial charge < -0.3 is 14.3 Å². The Hall–Kier alpha value is -2.58. The molecule has 170 valence electrons. The monoisotopic (exact) mass is 453 g/mol. The molecular formula is C24H31N5O2S. The number of amides is 1. The van der Waals surface area contributed by atoms with Crippen molar-refractivity contribution >= 4 is 17.7 Å². The average molecular weight is 454 g/mol. The first-order valence-corrected chi connectivity index (χ1v) is 12.1. The number of thioether (sulfide) groups is 1. The van der Waals surface area contributed by atoms with Gasteiger partial charge in [0.2, 0.25) is 5.91 Å². The summed E-state index contributed by atoms with van der Waals surface area (Å²) in [5.74, 6) is 1.82. The van der Waals surface area contributed by atoms with Gasteiger partial charge in [0.1, 0.15) is 11.6 Å². The van der Waals surface area contributed by atoms with Crippen LogP contribution in [-0.2, 0) is 24.4 Å². The summed E-state index contributed by atoms with van der Waals surface area (Å²) in [6.07, 6.45) is 4.09. The Morgan fingerprint density at radius 1 is 1.09 bits per heavy atom. The fraction of sp³-hybridized carbons (Fsp3) is 0.458. The van der Waals surface area contributed by atoms with Crippen molar-refractivity contribution in [1.82, 2.24) is 25.0 Å². The summed E-state index contributed by atoms with van der Waals surface area (Å²) in [5.41, 5.74) is 1.19. The molecular weight excluding hydrogens is 422 g/mol. The Morgan fingerprint density at radius 2 is 1.88 bits per heavy atom. The molecule has 0 aliphatic carbocycles. The van der Waals surface area contributed by atoms with Crippen LogP contribution >= 0.6 is 11.8 Å². The number of carbonyl (C=O) groups is 1. The van der Waals surface area contributed by atoms with Crippen LogP contribution in [0, 0.1) is 5.92 Å². The minimum absolute atomic E-state index is 0.0169. The highest BCUT2D eigenvalue weighted by Crippen LogP contribution is 2.29. The number of benzene rings is 1. The molecule has 0 radical (unpaired) electrons. The molecule has 1 amide bonds. The zero-order valence-corrected chi connectivity index (χ0v) is 19.6. The lowest BCUT2D eigenvalue weighted by Crippen LogP contribution is -2.35. The average Bonchev–Trinajstić information content (AvgIpc) is 3.55. The molecule has 1 aliphatic rings. The topological polar surface area (TPSA) is 76.2 Å². The van der Waals surface area contributed by atoms with E-state index in [1.165, 1.54) is 30.2 Å². The summed E-state index contributed by atoms with van der Waals surface area (Å²) in [7, 11) is 0. The van der Waals surface area contributed by atoms with Gasteiger partial charge in [-0.1, -0.05) is 55.9 Å². The van der Waals surface area contributed by atoms with Crippen LogP contribution < -0.4 is 5.32 Å². The van der Waals surface area contributed by atoms with E-state index in [4.69, 9.17) is 4.42 Å². The lowest BCUT2D eigenvalue weighted by molar-refractivity contribution is -0.121. The first-order valence-electron chi connectivity index (χ1n) is 11.3. The van der Waals surface area contributed by atoms with Gasteiger partial charge in [-0.05, 0) is 49.5 Å². The molecule has 1 atom stereocenters. The Kier molecular flexibility index (Phi) is 7.65. The first-order chi connectivity index (χ1) is 15.6. The molecule has 1 fully saturated rings. The van der Waals surface area contributed by atoms with Crippen LogP contribution in [0.4, 0.5) is 0 Å². The number of hydrogen-bond donors (Lipinski definition) is 1. The van der Waals surface area contributed by atoms with Crippen molar-refractivity contribution < 1.29 is 9.21 Å². The van der Waals surface area contributed by atoms with Gasteiger partial charge in [-0.25, -0.2) is 0 Å². The molecule has 8 heteroatoms. The van der Waals surface area contributed by atoms with E-state index < -0.39 is 0 Å². The van der Waals surface area contributed by atoms with Gasteiger partial charge in [0.15, 0.2) is 5.16 Å². The zero-order chi connectivity index (χ0) is 22.3. The maximum Gasteiger partial charge on any atom is 0.234 e. The standard InChI is InChI=1S/C24H31N5O2S/c1-18(2)22(23(30)25-15-20-11-8-14-31-20)32-24-27-26-21(17-28-12-6-7-13-28)29(24)16-19-9-4-3-5-10-19/h3-5,8-11,14,18,22H,6-7,12-13,15-17H2,1-2H3,(H,25,30). The number of nitrogens with zero attached hydrogens (tertiary/aromatic N) is 4. The van der Waals surface area contributed by atoms with Crippen molar-refractivity contribution in [3.05, 3.63) is 65.9 Å². The van der Waals surface area contributed by atoms with Crippen LogP contribution in [-0.4, -0.2) is 43.9 Å². The third-order valence-electron chi connectivity index (χ3n) is 5.65. The number of carbonyl (C=O) groups excluding carboxylic acids is 1. The SMILES string of the molecule is CC(C)C(Sc1nnc(CN2CCCC2)n1Cc1ccccc1)C(=O)NCc1ccco1. The van der Waals surface area contributed by atoms with E-state index in [1.807, 2.05) is 30.3 Å². The molecule has 3 heterocycles. The molecule has 7 nitrogen and oxygen atoms in total. The van der Waals surface area contributed by atoms with Crippen LogP contribution in [0.2, 0.25) is 0 Å². The van der Waals surface area contributed by atoms with Gasteiger partial charge in [-0.15, -0.1) is 10.2 Å².